The molecule has 0 aliphatic rings. The predicted octanol–water partition coefficient (Wildman–Crippen LogP) is 4.68. The van der Waals surface area contributed by atoms with Crippen molar-refractivity contribution in [3.05, 3.63) is 28.8 Å². The molecule has 0 amide bonds. The fourth-order valence-electron chi connectivity index (χ4n) is 2.70. The highest BCUT2D eigenvalue weighted by molar-refractivity contribution is 5.70. The number of hydrogen-bond donors (Lipinski definition) is 1. The topological polar surface area (TPSA) is 55.8 Å². The fourth-order valence-corrected chi connectivity index (χ4v) is 2.70. The maximum absolute atomic E-state index is 11.9. The van der Waals surface area contributed by atoms with Gasteiger partial charge in [-0.2, -0.15) is 0 Å². The van der Waals surface area contributed by atoms with Crippen molar-refractivity contribution in [2.75, 3.05) is 19.8 Å². The second kappa shape index (κ2) is 10.4. The van der Waals surface area contributed by atoms with Crippen molar-refractivity contribution in [1.82, 2.24) is 0 Å². The number of unbranched alkanes of at least 4 members (excludes halogenated alkanes) is 2. The molecule has 0 fully saturated rings. The van der Waals surface area contributed by atoms with E-state index in [9.17, 15) is 9.90 Å². The average Bonchev–Trinajstić information content (AvgIpc) is 2.53. The minimum atomic E-state index is -0.254. The quantitative estimate of drug-likeness (QED) is 0.492. The van der Waals surface area contributed by atoms with Crippen LogP contribution < -0.4 is 0 Å². The lowest BCUT2D eigenvalue weighted by Gasteiger charge is -2.23. The molecule has 0 bridgehead atoms. The number of benzene rings is 1. The number of aromatic hydroxyl groups is 1. The third-order valence-corrected chi connectivity index (χ3v) is 4.12. The summed E-state index contributed by atoms with van der Waals surface area (Å²) in [5.41, 5.74) is 2.67. The number of aryl methyl sites for hydroxylation is 2. The smallest absolute Gasteiger partial charge is 0.306 e. The van der Waals surface area contributed by atoms with E-state index < -0.39 is 0 Å². The average molecular weight is 350 g/mol. The van der Waals surface area contributed by atoms with Gasteiger partial charge in [0, 0.05) is 13.0 Å². The van der Waals surface area contributed by atoms with E-state index in [0.29, 0.717) is 18.8 Å². The zero-order chi connectivity index (χ0) is 18.9. The molecule has 0 aliphatic heterocycles. The van der Waals surface area contributed by atoms with Crippen molar-refractivity contribution < 1.29 is 19.4 Å². The molecular weight excluding hydrogens is 316 g/mol. The number of esters is 1. The van der Waals surface area contributed by atoms with Crippen molar-refractivity contribution in [1.29, 1.82) is 0 Å². The Morgan fingerprint density at radius 1 is 1.12 bits per heavy atom. The van der Waals surface area contributed by atoms with E-state index in [4.69, 9.17) is 9.47 Å². The molecule has 0 saturated carbocycles. The van der Waals surface area contributed by atoms with Gasteiger partial charge >= 0.3 is 5.97 Å². The zero-order valence-corrected chi connectivity index (χ0v) is 16.5. The van der Waals surface area contributed by atoms with Crippen molar-refractivity contribution in [2.24, 2.45) is 0 Å². The Morgan fingerprint density at radius 3 is 2.48 bits per heavy atom. The first-order valence-corrected chi connectivity index (χ1v) is 9.32. The summed E-state index contributed by atoms with van der Waals surface area (Å²) >= 11 is 0. The third kappa shape index (κ3) is 7.91. The summed E-state index contributed by atoms with van der Waals surface area (Å²) < 4.78 is 10.6. The maximum atomic E-state index is 11.9. The summed E-state index contributed by atoms with van der Waals surface area (Å²) in [6.07, 6.45) is 4.12. The van der Waals surface area contributed by atoms with Gasteiger partial charge in [-0.15, -0.1) is 0 Å². The molecule has 0 saturated heterocycles. The summed E-state index contributed by atoms with van der Waals surface area (Å²) in [6.45, 7) is 11.8. The van der Waals surface area contributed by atoms with Gasteiger partial charge in [0.15, 0.2) is 0 Å². The lowest BCUT2D eigenvalue weighted by atomic mass is 9.83. The molecule has 0 aliphatic carbocycles. The Balaban J connectivity index is 2.42. The molecule has 1 N–H and O–H groups in total. The third-order valence-electron chi connectivity index (χ3n) is 4.12. The van der Waals surface area contributed by atoms with Crippen LogP contribution in [0.4, 0.5) is 0 Å². The van der Waals surface area contributed by atoms with Gasteiger partial charge in [0.1, 0.15) is 12.4 Å². The van der Waals surface area contributed by atoms with Gasteiger partial charge in [0.05, 0.1) is 6.61 Å². The number of carbonyl (C=O) groups excluding carboxylic acids is 1. The second-order valence-electron chi connectivity index (χ2n) is 7.61. The van der Waals surface area contributed by atoms with Crippen LogP contribution in [-0.4, -0.2) is 30.9 Å². The van der Waals surface area contributed by atoms with E-state index in [1.54, 1.807) is 0 Å². The molecular formula is C21H34O4. The van der Waals surface area contributed by atoms with E-state index in [-0.39, 0.29) is 24.4 Å². The van der Waals surface area contributed by atoms with Gasteiger partial charge in [0.25, 0.3) is 0 Å². The minimum Gasteiger partial charge on any atom is -0.507 e. The summed E-state index contributed by atoms with van der Waals surface area (Å²) in [6, 6.07) is 3.95. The van der Waals surface area contributed by atoms with Crippen LogP contribution in [0.25, 0.3) is 0 Å². The Kier molecular flexibility index (Phi) is 8.98. The Labute approximate surface area is 152 Å². The molecule has 142 valence electrons. The molecule has 1 aromatic carbocycles. The van der Waals surface area contributed by atoms with Crippen molar-refractivity contribution in [2.45, 2.75) is 72.1 Å². The van der Waals surface area contributed by atoms with Gasteiger partial charge in [-0.05, 0) is 36.3 Å². The van der Waals surface area contributed by atoms with Crippen LogP contribution in [0.5, 0.6) is 5.75 Å². The molecule has 4 heteroatoms. The molecule has 1 aromatic rings. The molecule has 0 atom stereocenters. The van der Waals surface area contributed by atoms with Crippen LogP contribution in [0.3, 0.4) is 0 Å². The van der Waals surface area contributed by atoms with Crippen LogP contribution >= 0.6 is 0 Å². The monoisotopic (exact) mass is 350 g/mol. The van der Waals surface area contributed by atoms with Gasteiger partial charge < -0.3 is 14.6 Å². The number of hydrogen-bond acceptors (Lipinski definition) is 4. The highest BCUT2D eigenvalue weighted by Gasteiger charge is 2.21. The maximum Gasteiger partial charge on any atom is 0.306 e. The highest BCUT2D eigenvalue weighted by Crippen LogP contribution is 2.34. The Hall–Kier alpha value is -1.55. The fraction of sp³-hybridized carbons (Fsp3) is 0.667. The predicted molar refractivity (Wildman–Crippen MR) is 101 cm³/mol. The number of rotatable bonds is 10. The van der Waals surface area contributed by atoms with E-state index >= 15 is 0 Å². The zero-order valence-electron chi connectivity index (χ0n) is 16.5. The van der Waals surface area contributed by atoms with Gasteiger partial charge in [0.2, 0.25) is 0 Å². The first-order valence-electron chi connectivity index (χ1n) is 9.32. The van der Waals surface area contributed by atoms with Gasteiger partial charge in [-0.25, -0.2) is 0 Å². The van der Waals surface area contributed by atoms with Crippen molar-refractivity contribution >= 4 is 5.97 Å². The first kappa shape index (κ1) is 21.5. The number of phenols is 1. The molecule has 0 radical (unpaired) electrons. The van der Waals surface area contributed by atoms with Crippen LogP contribution in [-0.2, 0) is 26.1 Å². The van der Waals surface area contributed by atoms with Crippen molar-refractivity contribution in [3.63, 3.8) is 0 Å². The molecule has 0 unspecified atom stereocenters. The largest absolute Gasteiger partial charge is 0.507 e. The number of ether oxygens (including phenoxy) is 2. The second-order valence-corrected chi connectivity index (χ2v) is 7.61. The summed E-state index contributed by atoms with van der Waals surface area (Å²) in [4.78, 5) is 11.9. The van der Waals surface area contributed by atoms with E-state index in [0.717, 1.165) is 36.1 Å². The summed E-state index contributed by atoms with van der Waals surface area (Å²) in [5.74, 6) is 0.0422. The molecule has 4 nitrogen and oxygen atoms in total. The molecule has 1 rings (SSSR count). The standard InChI is InChI=1S/C21H34O4/c1-6-7-8-11-24-12-13-25-19(22)10-9-17-14-16(2)15-18(20(17)23)21(3,4)5/h14-15,23H,6-13H2,1-5H3. The van der Waals surface area contributed by atoms with Crippen LogP contribution in [0.2, 0.25) is 0 Å². The summed E-state index contributed by atoms with van der Waals surface area (Å²) in [7, 11) is 0. The number of phenolic OH excluding ortho intramolecular Hbond substituents is 1. The Bertz CT molecular complexity index is 544. The van der Waals surface area contributed by atoms with E-state index in [1.165, 1.54) is 6.42 Å². The minimum absolute atomic E-state index is 0.138. The lowest BCUT2D eigenvalue weighted by Crippen LogP contribution is -2.14. The highest BCUT2D eigenvalue weighted by atomic mass is 16.6. The van der Waals surface area contributed by atoms with Crippen molar-refractivity contribution in [3.8, 4) is 5.75 Å². The lowest BCUT2D eigenvalue weighted by molar-refractivity contribution is -0.145. The van der Waals surface area contributed by atoms with Gasteiger partial charge in [-0.1, -0.05) is 58.2 Å². The van der Waals surface area contributed by atoms with Crippen LogP contribution in [0.15, 0.2) is 12.1 Å². The number of carbonyl (C=O) groups is 1. The Morgan fingerprint density at radius 2 is 1.84 bits per heavy atom. The van der Waals surface area contributed by atoms with Crippen LogP contribution in [0.1, 0.15) is 70.1 Å². The molecule has 0 spiro atoms. The summed E-state index contributed by atoms with van der Waals surface area (Å²) in [5, 5.41) is 10.5. The normalized spacial score (nSPS) is 11.6. The molecule has 0 heterocycles. The molecule has 0 aromatic heterocycles. The van der Waals surface area contributed by atoms with Gasteiger partial charge in [-0.3, -0.25) is 4.79 Å². The first-order chi connectivity index (χ1) is 11.8. The van der Waals surface area contributed by atoms with E-state index in [1.807, 2.05) is 19.1 Å². The SMILES string of the molecule is CCCCCOCCOC(=O)CCc1cc(C)cc(C(C)(C)C)c1O. The van der Waals surface area contributed by atoms with E-state index in [2.05, 4.69) is 27.7 Å². The van der Waals surface area contributed by atoms with Crippen LogP contribution in [0, 0.1) is 6.92 Å². The molecule has 25 heavy (non-hydrogen) atoms.